The number of guanidine groups is 1. The van der Waals surface area contributed by atoms with Crippen LogP contribution in [0.4, 0.5) is 0 Å². The van der Waals surface area contributed by atoms with Gasteiger partial charge in [-0.05, 0) is 25.0 Å². The summed E-state index contributed by atoms with van der Waals surface area (Å²) in [4.78, 5) is 4.19. The highest BCUT2D eigenvalue weighted by molar-refractivity contribution is 14.0. The average Bonchev–Trinajstić information content (AvgIpc) is 2.55. The van der Waals surface area contributed by atoms with Crippen LogP contribution in [0.15, 0.2) is 29.3 Å². The second-order valence-electron chi connectivity index (χ2n) is 6.06. The molecule has 0 saturated heterocycles. The van der Waals surface area contributed by atoms with Crippen molar-refractivity contribution in [2.45, 2.75) is 32.2 Å². The van der Waals surface area contributed by atoms with E-state index in [-0.39, 0.29) is 41.7 Å². The first-order valence-electron chi connectivity index (χ1n) is 8.04. The molecular formula is C17H30IN3O3S. The molecule has 0 aliphatic rings. The van der Waals surface area contributed by atoms with E-state index in [0.29, 0.717) is 18.9 Å². The molecule has 1 rings (SSSR count). The summed E-state index contributed by atoms with van der Waals surface area (Å²) in [6.07, 6.45) is 1.79. The minimum atomic E-state index is -2.95. The van der Waals surface area contributed by atoms with Crippen molar-refractivity contribution in [3.63, 3.8) is 0 Å². The number of ether oxygens (including phenoxy) is 1. The second kappa shape index (κ2) is 11.6. The van der Waals surface area contributed by atoms with Crippen molar-refractivity contribution in [3.05, 3.63) is 29.8 Å². The number of para-hydroxylation sites is 1. The molecule has 0 aromatic heterocycles. The highest BCUT2D eigenvalue weighted by atomic mass is 127. The van der Waals surface area contributed by atoms with Gasteiger partial charge in [-0.2, -0.15) is 0 Å². The standard InChI is InChI=1S/C17H29N3O3S.HI/c1-13(15-8-6-7-9-16(15)23-4)12-19-17(18-3)20-14(2)10-11-24(5,21)22;/h6-9,13-14H,10-12H2,1-5H3,(H2,18,19,20);1H. The quantitative estimate of drug-likeness (QED) is 0.337. The first-order chi connectivity index (χ1) is 11.3. The molecule has 0 bridgehead atoms. The summed E-state index contributed by atoms with van der Waals surface area (Å²) < 4.78 is 27.9. The van der Waals surface area contributed by atoms with E-state index in [0.717, 1.165) is 11.3 Å². The summed E-state index contributed by atoms with van der Waals surface area (Å²) in [5.74, 6) is 1.94. The third-order valence-electron chi connectivity index (χ3n) is 3.77. The first kappa shape index (κ1) is 24.0. The van der Waals surface area contributed by atoms with Crippen LogP contribution >= 0.6 is 24.0 Å². The molecule has 144 valence electrons. The largest absolute Gasteiger partial charge is 0.496 e. The molecule has 0 amide bonds. The van der Waals surface area contributed by atoms with E-state index in [1.54, 1.807) is 14.2 Å². The Labute approximate surface area is 168 Å². The lowest BCUT2D eigenvalue weighted by molar-refractivity contribution is 0.406. The van der Waals surface area contributed by atoms with E-state index in [4.69, 9.17) is 4.74 Å². The van der Waals surface area contributed by atoms with Crippen molar-refractivity contribution in [2.24, 2.45) is 4.99 Å². The summed E-state index contributed by atoms with van der Waals surface area (Å²) in [5.41, 5.74) is 1.13. The van der Waals surface area contributed by atoms with Crippen molar-refractivity contribution in [3.8, 4) is 5.75 Å². The highest BCUT2D eigenvalue weighted by Crippen LogP contribution is 2.25. The summed E-state index contributed by atoms with van der Waals surface area (Å²) >= 11 is 0. The molecule has 25 heavy (non-hydrogen) atoms. The lowest BCUT2D eigenvalue weighted by Gasteiger charge is -2.20. The van der Waals surface area contributed by atoms with Gasteiger partial charge in [-0.15, -0.1) is 24.0 Å². The van der Waals surface area contributed by atoms with E-state index < -0.39 is 9.84 Å². The number of benzene rings is 1. The van der Waals surface area contributed by atoms with Gasteiger partial charge in [0, 0.05) is 31.8 Å². The predicted octanol–water partition coefficient (Wildman–Crippen LogP) is 2.40. The fraction of sp³-hybridized carbons (Fsp3) is 0.588. The van der Waals surface area contributed by atoms with Crippen LogP contribution in [0, 0.1) is 0 Å². The summed E-state index contributed by atoms with van der Waals surface area (Å²) in [7, 11) is 0.425. The molecule has 0 aliphatic heterocycles. The number of sulfone groups is 1. The van der Waals surface area contributed by atoms with Gasteiger partial charge in [-0.1, -0.05) is 25.1 Å². The Morgan fingerprint density at radius 1 is 1.28 bits per heavy atom. The Morgan fingerprint density at radius 2 is 1.92 bits per heavy atom. The smallest absolute Gasteiger partial charge is 0.191 e. The molecule has 8 heteroatoms. The van der Waals surface area contributed by atoms with Gasteiger partial charge in [0.2, 0.25) is 0 Å². The molecule has 0 aliphatic carbocycles. The number of nitrogens with one attached hydrogen (secondary N) is 2. The number of hydrogen-bond acceptors (Lipinski definition) is 4. The van der Waals surface area contributed by atoms with Gasteiger partial charge in [-0.25, -0.2) is 8.42 Å². The zero-order valence-corrected chi connectivity index (χ0v) is 18.7. The Kier molecular flexibility index (Phi) is 11.1. The van der Waals surface area contributed by atoms with Crippen molar-refractivity contribution in [1.82, 2.24) is 10.6 Å². The summed E-state index contributed by atoms with van der Waals surface area (Å²) in [5, 5.41) is 6.50. The van der Waals surface area contributed by atoms with E-state index in [9.17, 15) is 8.42 Å². The molecule has 0 radical (unpaired) electrons. The molecule has 2 N–H and O–H groups in total. The number of hydrogen-bond donors (Lipinski definition) is 2. The van der Waals surface area contributed by atoms with Crippen LogP contribution in [-0.4, -0.2) is 53.1 Å². The maximum absolute atomic E-state index is 11.2. The van der Waals surface area contributed by atoms with Crippen LogP contribution in [-0.2, 0) is 9.84 Å². The van der Waals surface area contributed by atoms with Gasteiger partial charge >= 0.3 is 0 Å². The second-order valence-corrected chi connectivity index (χ2v) is 8.32. The molecule has 0 saturated carbocycles. The van der Waals surface area contributed by atoms with Gasteiger partial charge in [-0.3, -0.25) is 4.99 Å². The molecule has 0 spiro atoms. The Bertz CT molecular complexity index is 650. The van der Waals surface area contributed by atoms with Crippen LogP contribution in [0.3, 0.4) is 0 Å². The van der Waals surface area contributed by atoms with Gasteiger partial charge in [0.15, 0.2) is 5.96 Å². The Hall–Kier alpha value is -1.03. The lowest BCUT2D eigenvalue weighted by atomic mass is 10.0. The number of nitrogens with zero attached hydrogens (tertiary/aromatic N) is 1. The number of rotatable bonds is 8. The van der Waals surface area contributed by atoms with Gasteiger partial charge < -0.3 is 15.4 Å². The Balaban J connectivity index is 0.00000576. The summed E-state index contributed by atoms with van der Waals surface area (Å²) in [6.45, 7) is 4.76. The van der Waals surface area contributed by atoms with Crippen LogP contribution in [0.1, 0.15) is 31.7 Å². The molecule has 2 unspecified atom stereocenters. The van der Waals surface area contributed by atoms with Crippen LogP contribution < -0.4 is 15.4 Å². The van der Waals surface area contributed by atoms with Crippen LogP contribution in [0.5, 0.6) is 5.75 Å². The van der Waals surface area contributed by atoms with E-state index in [1.807, 2.05) is 25.1 Å². The topological polar surface area (TPSA) is 79.8 Å². The Morgan fingerprint density at radius 3 is 2.48 bits per heavy atom. The molecule has 2 atom stereocenters. The molecule has 0 heterocycles. The van der Waals surface area contributed by atoms with Crippen molar-refractivity contribution in [1.29, 1.82) is 0 Å². The maximum atomic E-state index is 11.2. The average molecular weight is 483 g/mol. The van der Waals surface area contributed by atoms with Gasteiger partial charge in [0.1, 0.15) is 15.6 Å². The van der Waals surface area contributed by atoms with E-state index >= 15 is 0 Å². The molecule has 0 fully saturated rings. The van der Waals surface area contributed by atoms with Crippen molar-refractivity contribution >= 4 is 39.8 Å². The molecule has 6 nitrogen and oxygen atoms in total. The molecule has 1 aromatic rings. The van der Waals surface area contributed by atoms with Crippen molar-refractivity contribution in [2.75, 3.05) is 32.7 Å². The third kappa shape index (κ3) is 9.29. The van der Waals surface area contributed by atoms with E-state index in [2.05, 4.69) is 28.6 Å². The monoisotopic (exact) mass is 483 g/mol. The highest BCUT2D eigenvalue weighted by Gasteiger charge is 2.13. The van der Waals surface area contributed by atoms with Gasteiger partial charge in [0.05, 0.1) is 12.9 Å². The summed E-state index contributed by atoms with van der Waals surface area (Å²) in [6, 6.07) is 7.97. The normalized spacial score (nSPS) is 14.2. The third-order valence-corrected chi connectivity index (χ3v) is 4.75. The lowest BCUT2D eigenvalue weighted by Crippen LogP contribution is -2.43. The maximum Gasteiger partial charge on any atom is 0.191 e. The zero-order chi connectivity index (χ0) is 18.2. The predicted molar refractivity (Wildman–Crippen MR) is 115 cm³/mol. The fourth-order valence-corrected chi connectivity index (χ4v) is 3.11. The van der Waals surface area contributed by atoms with E-state index in [1.165, 1.54) is 6.26 Å². The number of aliphatic imine (C=N–C) groups is 1. The van der Waals surface area contributed by atoms with Gasteiger partial charge in [0.25, 0.3) is 0 Å². The molecule has 1 aromatic carbocycles. The first-order valence-corrected chi connectivity index (χ1v) is 10.1. The van der Waals surface area contributed by atoms with Crippen LogP contribution in [0.25, 0.3) is 0 Å². The zero-order valence-electron chi connectivity index (χ0n) is 15.6. The number of methoxy groups -OCH3 is 1. The van der Waals surface area contributed by atoms with Crippen LogP contribution in [0.2, 0.25) is 0 Å². The number of halogens is 1. The fourth-order valence-electron chi connectivity index (χ4n) is 2.32. The molecular weight excluding hydrogens is 453 g/mol. The SMILES string of the molecule is CN=C(NCC(C)c1ccccc1OC)NC(C)CCS(C)(=O)=O.I. The minimum Gasteiger partial charge on any atom is -0.496 e. The minimum absolute atomic E-state index is 0. The van der Waals surface area contributed by atoms with Crippen molar-refractivity contribution < 1.29 is 13.2 Å².